The molecule has 9 heteroatoms. The zero-order valence-corrected chi connectivity index (χ0v) is 18.7. The van der Waals surface area contributed by atoms with Crippen molar-refractivity contribution in [3.63, 3.8) is 0 Å². The average Bonchev–Trinajstić information content (AvgIpc) is 2.86. The molecule has 1 amide bonds. The van der Waals surface area contributed by atoms with E-state index in [2.05, 4.69) is 14.9 Å². The Morgan fingerprint density at radius 2 is 1.79 bits per heavy atom. The van der Waals surface area contributed by atoms with Crippen LogP contribution in [-0.2, 0) is 11.8 Å². The number of carbonyl (C=O) groups is 1. The molecule has 1 unspecified atom stereocenters. The first-order chi connectivity index (χ1) is 16.0. The van der Waals surface area contributed by atoms with E-state index < -0.39 is 0 Å². The highest BCUT2D eigenvalue weighted by atomic mass is 19.1. The van der Waals surface area contributed by atoms with Gasteiger partial charge in [-0.05, 0) is 49.2 Å². The van der Waals surface area contributed by atoms with Crippen LogP contribution in [0.3, 0.4) is 0 Å². The molecule has 0 bridgehead atoms. The molecule has 2 aliphatic heterocycles. The van der Waals surface area contributed by atoms with Gasteiger partial charge in [0.15, 0.2) is 11.5 Å². The lowest BCUT2D eigenvalue weighted by atomic mass is 9.96. The van der Waals surface area contributed by atoms with Crippen LogP contribution in [0, 0.1) is 11.7 Å². The van der Waals surface area contributed by atoms with Gasteiger partial charge in [-0.25, -0.2) is 14.4 Å². The molecule has 0 aliphatic carbocycles. The number of aromatic nitrogens is 3. The maximum absolute atomic E-state index is 13.3. The van der Waals surface area contributed by atoms with E-state index in [0.717, 1.165) is 18.5 Å². The molecule has 0 spiro atoms. The highest BCUT2D eigenvalue weighted by Gasteiger charge is 2.32. The Hall–Kier alpha value is -3.49. The summed E-state index contributed by atoms with van der Waals surface area (Å²) in [6.07, 6.45) is 3.29. The summed E-state index contributed by atoms with van der Waals surface area (Å²) in [5.41, 5.74) is 2.00. The number of piperazine rings is 1. The Bertz CT molecular complexity index is 1220. The number of aryl methyl sites for hydroxylation is 1. The number of hydrogen-bond donors (Lipinski definition) is 0. The summed E-state index contributed by atoms with van der Waals surface area (Å²) in [4.78, 5) is 41.1. The molecule has 33 heavy (non-hydrogen) atoms. The summed E-state index contributed by atoms with van der Waals surface area (Å²) in [5.74, 6) is 0.114. The summed E-state index contributed by atoms with van der Waals surface area (Å²) < 4.78 is 14.7. The van der Waals surface area contributed by atoms with E-state index >= 15 is 0 Å². The number of carbonyl (C=O) groups excluding carboxylic acids is 1. The van der Waals surface area contributed by atoms with Gasteiger partial charge in [0.1, 0.15) is 11.3 Å². The first-order valence-electron chi connectivity index (χ1n) is 11.4. The molecule has 1 atom stereocenters. The second kappa shape index (κ2) is 8.80. The Balaban J connectivity index is 1.27. The number of hydrogen-bond acceptors (Lipinski definition) is 6. The Labute approximate surface area is 191 Å². The lowest BCUT2D eigenvalue weighted by Gasteiger charge is -2.39. The SMILES string of the molecule is Cn1c(=O)c(N2CCCC(C(=O)N3CCN(c4ccc(F)cc4)CC3)C2)nc2cccnc21. The molecule has 5 rings (SSSR count). The van der Waals surface area contributed by atoms with Crippen molar-refractivity contribution < 1.29 is 9.18 Å². The summed E-state index contributed by atoms with van der Waals surface area (Å²) in [5, 5.41) is 0. The maximum atomic E-state index is 13.3. The van der Waals surface area contributed by atoms with Crippen molar-refractivity contribution in [2.45, 2.75) is 12.8 Å². The highest BCUT2D eigenvalue weighted by Crippen LogP contribution is 2.24. The Morgan fingerprint density at radius 3 is 2.55 bits per heavy atom. The number of nitrogens with zero attached hydrogens (tertiary/aromatic N) is 6. The van der Waals surface area contributed by atoms with Gasteiger partial charge >= 0.3 is 0 Å². The summed E-state index contributed by atoms with van der Waals surface area (Å²) in [6.45, 7) is 3.89. The van der Waals surface area contributed by atoms with Gasteiger partial charge in [-0.15, -0.1) is 0 Å². The number of halogens is 1. The minimum absolute atomic E-state index is 0.137. The fourth-order valence-corrected chi connectivity index (χ4v) is 4.81. The van der Waals surface area contributed by atoms with Crippen LogP contribution in [-0.4, -0.2) is 64.6 Å². The molecule has 0 saturated carbocycles. The summed E-state index contributed by atoms with van der Waals surface area (Å²) >= 11 is 0. The lowest BCUT2D eigenvalue weighted by Crippen LogP contribution is -2.53. The van der Waals surface area contributed by atoms with E-state index in [1.54, 1.807) is 31.4 Å². The van der Waals surface area contributed by atoms with Gasteiger partial charge in [-0.2, -0.15) is 0 Å². The third-order valence-corrected chi connectivity index (χ3v) is 6.66. The van der Waals surface area contributed by atoms with Crippen molar-refractivity contribution >= 4 is 28.6 Å². The van der Waals surface area contributed by atoms with Gasteiger partial charge in [-0.3, -0.25) is 14.2 Å². The average molecular weight is 451 g/mol. The first-order valence-corrected chi connectivity index (χ1v) is 11.4. The van der Waals surface area contributed by atoms with Crippen LogP contribution in [0.15, 0.2) is 47.4 Å². The number of benzene rings is 1. The molecular formula is C24H27FN6O2. The molecule has 4 heterocycles. The van der Waals surface area contributed by atoms with Crippen LogP contribution in [0.25, 0.3) is 11.2 Å². The first kappa shape index (κ1) is 21.4. The molecule has 2 fully saturated rings. The van der Waals surface area contributed by atoms with Gasteiger partial charge in [0.25, 0.3) is 5.56 Å². The Morgan fingerprint density at radius 1 is 1.03 bits per heavy atom. The highest BCUT2D eigenvalue weighted by molar-refractivity contribution is 5.80. The van der Waals surface area contributed by atoms with Crippen molar-refractivity contribution in [3.05, 3.63) is 58.8 Å². The number of pyridine rings is 1. The standard InChI is InChI=1S/C24H27FN6O2/c1-28-21-20(5-2-10-26-21)27-22(24(28)33)31-11-3-4-17(16-31)23(32)30-14-12-29(13-15-30)19-8-6-18(25)7-9-19/h2,5-10,17H,3-4,11-16H2,1H3. The largest absolute Gasteiger partial charge is 0.368 e. The molecule has 2 aliphatic rings. The predicted octanol–water partition coefficient (Wildman–Crippen LogP) is 2.03. The van der Waals surface area contributed by atoms with E-state index in [9.17, 15) is 14.0 Å². The smallest absolute Gasteiger partial charge is 0.294 e. The number of rotatable bonds is 3. The van der Waals surface area contributed by atoms with E-state index in [4.69, 9.17) is 0 Å². The second-order valence-electron chi connectivity index (χ2n) is 8.72. The summed E-state index contributed by atoms with van der Waals surface area (Å²) in [7, 11) is 1.70. The van der Waals surface area contributed by atoms with Gasteiger partial charge < -0.3 is 14.7 Å². The normalized spacial score (nSPS) is 19.2. The number of anilines is 2. The van der Waals surface area contributed by atoms with E-state index in [1.807, 2.05) is 15.9 Å². The third kappa shape index (κ3) is 4.15. The van der Waals surface area contributed by atoms with Crippen LogP contribution in [0.1, 0.15) is 12.8 Å². The molecular weight excluding hydrogens is 423 g/mol. The molecule has 0 N–H and O–H groups in total. The maximum Gasteiger partial charge on any atom is 0.294 e. The molecule has 8 nitrogen and oxygen atoms in total. The fourth-order valence-electron chi connectivity index (χ4n) is 4.81. The predicted molar refractivity (Wildman–Crippen MR) is 125 cm³/mol. The van der Waals surface area contributed by atoms with Crippen molar-refractivity contribution in [3.8, 4) is 0 Å². The number of piperidine rings is 1. The van der Waals surface area contributed by atoms with Gasteiger partial charge in [0, 0.05) is 58.2 Å². The van der Waals surface area contributed by atoms with Crippen LogP contribution in [0.2, 0.25) is 0 Å². The molecule has 2 aromatic heterocycles. The molecule has 172 valence electrons. The van der Waals surface area contributed by atoms with Crippen LogP contribution >= 0.6 is 0 Å². The zero-order chi connectivity index (χ0) is 22.9. The van der Waals surface area contributed by atoms with E-state index in [-0.39, 0.29) is 23.2 Å². The molecule has 1 aromatic carbocycles. The van der Waals surface area contributed by atoms with Crippen LogP contribution in [0.4, 0.5) is 15.9 Å². The van der Waals surface area contributed by atoms with Gasteiger partial charge in [0.2, 0.25) is 5.91 Å². The van der Waals surface area contributed by atoms with Crippen molar-refractivity contribution in [1.82, 2.24) is 19.4 Å². The van der Waals surface area contributed by atoms with Crippen molar-refractivity contribution in [2.75, 3.05) is 49.1 Å². The quantitative estimate of drug-likeness (QED) is 0.608. The van der Waals surface area contributed by atoms with Gasteiger partial charge in [0.05, 0.1) is 5.92 Å². The number of amides is 1. The van der Waals surface area contributed by atoms with E-state index in [0.29, 0.717) is 56.3 Å². The minimum atomic E-state index is -0.249. The minimum Gasteiger partial charge on any atom is -0.368 e. The molecule has 3 aromatic rings. The monoisotopic (exact) mass is 450 g/mol. The van der Waals surface area contributed by atoms with Crippen molar-refractivity contribution in [2.24, 2.45) is 13.0 Å². The fraction of sp³-hybridized carbons (Fsp3) is 0.417. The number of fused-ring (bicyclic) bond motifs is 1. The topological polar surface area (TPSA) is 74.6 Å². The molecule has 0 radical (unpaired) electrons. The van der Waals surface area contributed by atoms with Gasteiger partial charge in [-0.1, -0.05) is 0 Å². The zero-order valence-electron chi connectivity index (χ0n) is 18.7. The van der Waals surface area contributed by atoms with E-state index in [1.165, 1.54) is 16.7 Å². The molecule has 2 saturated heterocycles. The van der Waals surface area contributed by atoms with Crippen molar-refractivity contribution in [1.29, 1.82) is 0 Å². The second-order valence-corrected chi connectivity index (χ2v) is 8.72. The lowest BCUT2D eigenvalue weighted by molar-refractivity contribution is -0.136. The Kier molecular flexibility index (Phi) is 5.70. The third-order valence-electron chi connectivity index (χ3n) is 6.66. The van der Waals surface area contributed by atoms with Crippen LogP contribution in [0.5, 0.6) is 0 Å². The summed E-state index contributed by atoms with van der Waals surface area (Å²) in [6, 6.07) is 10.1. The van der Waals surface area contributed by atoms with Crippen LogP contribution < -0.4 is 15.4 Å².